The van der Waals surface area contributed by atoms with Crippen molar-refractivity contribution in [3.63, 3.8) is 0 Å². The maximum absolute atomic E-state index is 11.0. The third-order valence-electron chi connectivity index (χ3n) is 4.71. The summed E-state index contributed by atoms with van der Waals surface area (Å²) in [5, 5.41) is 8.49. The van der Waals surface area contributed by atoms with Crippen LogP contribution < -0.4 is 14.8 Å². The van der Waals surface area contributed by atoms with Crippen LogP contribution in [-0.4, -0.2) is 34.9 Å². The fourth-order valence-corrected chi connectivity index (χ4v) is 3.03. The molecule has 1 aliphatic rings. The number of hydrogen-bond acceptors (Lipinski definition) is 4. The third kappa shape index (κ3) is 4.63. The Kier molecular flexibility index (Phi) is 5.19. The van der Waals surface area contributed by atoms with Gasteiger partial charge < -0.3 is 14.8 Å². The van der Waals surface area contributed by atoms with Gasteiger partial charge in [-0.2, -0.15) is 5.10 Å². The molecule has 0 radical (unpaired) electrons. The van der Waals surface area contributed by atoms with Crippen molar-refractivity contribution in [1.82, 2.24) is 15.1 Å². The van der Waals surface area contributed by atoms with E-state index in [-0.39, 0.29) is 11.9 Å². The second-order valence-corrected chi connectivity index (χ2v) is 7.46. The SMILES string of the molecule is CC(=O)N[C@@H](C)COc1ccc(-n2cc3cc(OCC4CC4)ccc3n2)cc1. The standard InChI is InChI=1S/C22H25N3O3/c1-15(23-16(2)26)13-27-20-7-5-19(6-8-20)25-12-18-11-21(9-10-22(18)24-25)28-14-17-3-4-17/h5-12,15,17H,3-4,13-14H2,1-2H3,(H,23,26)/t15-/m0/s1. The van der Waals surface area contributed by atoms with Gasteiger partial charge in [0.15, 0.2) is 0 Å². The largest absolute Gasteiger partial charge is 0.493 e. The summed E-state index contributed by atoms with van der Waals surface area (Å²) in [6.07, 6.45) is 4.58. The van der Waals surface area contributed by atoms with Crippen LogP contribution in [0.15, 0.2) is 48.7 Å². The molecule has 1 aliphatic carbocycles. The molecule has 6 heteroatoms. The lowest BCUT2D eigenvalue weighted by Gasteiger charge is -2.14. The molecule has 6 nitrogen and oxygen atoms in total. The van der Waals surface area contributed by atoms with Gasteiger partial charge >= 0.3 is 0 Å². The van der Waals surface area contributed by atoms with Crippen LogP contribution in [0.1, 0.15) is 26.7 Å². The lowest BCUT2D eigenvalue weighted by molar-refractivity contribution is -0.119. The van der Waals surface area contributed by atoms with Gasteiger partial charge in [0.2, 0.25) is 5.91 Å². The normalized spacial score (nSPS) is 14.6. The quantitative estimate of drug-likeness (QED) is 0.648. The molecule has 0 aliphatic heterocycles. The first-order valence-electron chi connectivity index (χ1n) is 9.69. The van der Waals surface area contributed by atoms with E-state index in [1.165, 1.54) is 19.8 Å². The summed E-state index contributed by atoms with van der Waals surface area (Å²) in [6, 6.07) is 13.7. The summed E-state index contributed by atoms with van der Waals surface area (Å²) in [5.74, 6) is 2.34. The van der Waals surface area contributed by atoms with E-state index in [1.54, 1.807) is 0 Å². The Labute approximate surface area is 164 Å². The number of ether oxygens (including phenoxy) is 2. The Hall–Kier alpha value is -3.02. The van der Waals surface area contributed by atoms with Crippen LogP contribution in [0.3, 0.4) is 0 Å². The van der Waals surface area contributed by atoms with E-state index in [9.17, 15) is 4.79 Å². The number of carbonyl (C=O) groups excluding carboxylic acids is 1. The van der Waals surface area contributed by atoms with E-state index in [2.05, 4.69) is 10.4 Å². The van der Waals surface area contributed by atoms with E-state index in [0.717, 1.165) is 40.6 Å². The first-order chi connectivity index (χ1) is 13.6. The molecule has 1 amide bonds. The molecule has 2 aromatic carbocycles. The van der Waals surface area contributed by atoms with Gasteiger partial charge in [-0.15, -0.1) is 0 Å². The van der Waals surface area contributed by atoms with Crippen LogP contribution in [0.25, 0.3) is 16.6 Å². The van der Waals surface area contributed by atoms with Gasteiger partial charge in [-0.3, -0.25) is 4.79 Å². The summed E-state index contributed by atoms with van der Waals surface area (Å²) >= 11 is 0. The van der Waals surface area contributed by atoms with Gasteiger partial charge in [-0.25, -0.2) is 4.68 Å². The highest BCUT2D eigenvalue weighted by molar-refractivity contribution is 5.80. The molecule has 1 fully saturated rings. The lowest BCUT2D eigenvalue weighted by Crippen LogP contribution is -2.35. The summed E-state index contributed by atoms with van der Waals surface area (Å²) in [4.78, 5) is 11.0. The van der Waals surface area contributed by atoms with E-state index in [0.29, 0.717) is 6.61 Å². The number of nitrogens with zero attached hydrogens (tertiary/aromatic N) is 2. The molecule has 0 spiro atoms. The predicted octanol–water partition coefficient (Wildman–Crippen LogP) is 3.72. The fourth-order valence-electron chi connectivity index (χ4n) is 3.03. The molecule has 1 aromatic heterocycles. The smallest absolute Gasteiger partial charge is 0.217 e. The molecule has 1 heterocycles. The zero-order valence-electron chi connectivity index (χ0n) is 16.2. The van der Waals surface area contributed by atoms with Crippen LogP contribution in [0.4, 0.5) is 0 Å². The monoisotopic (exact) mass is 379 g/mol. The summed E-state index contributed by atoms with van der Waals surface area (Å²) < 4.78 is 13.4. The maximum atomic E-state index is 11.0. The molecule has 28 heavy (non-hydrogen) atoms. The van der Waals surface area contributed by atoms with Gasteiger partial charge in [0.1, 0.15) is 18.1 Å². The second kappa shape index (κ2) is 7.92. The van der Waals surface area contributed by atoms with E-state index in [4.69, 9.17) is 9.47 Å². The third-order valence-corrected chi connectivity index (χ3v) is 4.71. The number of amides is 1. The molecular formula is C22H25N3O3. The highest BCUT2D eigenvalue weighted by Gasteiger charge is 2.21. The van der Waals surface area contributed by atoms with Gasteiger partial charge in [0.05, 0.1) is 23.9 Å². The highest BCUT2D eigenvalue weighted by Crippen LogP contribution is 2.30. The molecular weight excluding hydrogens is 354 g/mol. The molecule has 0 unspecified atom stereocenters. The van der Waals surface area contributed by atoms with E-state index < -0.39 is 0 Å². The highest BCUT2D eigenvalue weighted by atomic mass is 16.5. The van der Waals surface area contributed by atoms with E-state index in [1.807, 2.05) is 60.3 Å². The Balaban J connectivity index is 1.41. The Bertz CT molecular complexity index is 961. The van der Waals surface area contributed by atoms with Gasteiger partial charge in [0, 0.05) is 18.5 Å². The molecule has 0 bridgehead atoms. The maximum Gasteiger partial charge on any atom is 0.217 e. The van der Waals surface area contributed by atoms with Crippen molar-refractivity contribution < 1.29 is 14.3 Å². The summed E-state index contributed by atoms with van der Waals surface area (Å²) in [7, 11) is 0. The van der Waals surface area contributed by atoms with Crippen molar-refractivity contribution in [3.8, 4) is 17.2 Å². The van der Waals surface area contributed by atoms with Crippen LogP contribution in [0, 0.1) is 5.92 Å². The molecule has 4 rings (SSSR count). The van der Waals surface area contributed by atoms with Crippen molar-refractivity contribution in [2.75, 3.05) is 13.2 Å². The minimum absolute atomic E-state index is 0.0371. The number of carbonyl (C=O) groups is 1. The van der Waals surface area contributed by atoms with E-state index >= 15 is 0 Å². The molecule has 1 saturated carbocycles. The zero-order chi connectivity index (χ0) is 19.5. The van der Waals surface area contributed by atoms with Crippen LogP contribution >= 0.6 is 0 Å². The fraction of sp³-hybridized carbons (Fsp3) is 0.364. The van der Waals surface area contributed by atoms with Gasteiger partial charge in [0.25, 0.3) is 0 Å². The number of hydrogen-bond donors (Lipinski definition) is 1. The van der Waals surface area contributed by atoms with Crippen molar-refractivity contribution in [3.05, 3.63) is 48.7 Å². The van der Waals surface area contributed by atoms with Gasteiger partial charge in [-0.05, 0) is 68.1 Å². The minimum Gasteiger partial charge on any atom is -0.493 e. The van der Waals surface area contributed by atoms with Crippen LogP contribution in [0.2, 0.25) is 0 Å². The summed E-state index contributed by atoms with van der Waals surface area (Å²) in [5.41, 5.74) is 1.89. The first-order valence-corrected chi connectivity index (χ1v) is 9.69. The molecule has 1 atom stereocenters. The van der Waals surface area contributed by atoms with Gasteiger partial charge in [-0.1, -0.05) is 0 Å². The number of nitrogens with one attached hydrogen (secondary N) is 1. The molecule has 3 aromatic rings. The number of aromatic nitrogens is 2. The van der Waals surface area contributed by atoms with Crippen molar-refractivity contribution in [2.24, 2.45) is 5.92 Å². The van der Waals surface area contributed by atoms with Crippen LogP contribution in [-0.2, 0) is 4.79 Å². The predicted molar refractivity (Wildman–Crippen MR) is 108 cm³/mol. The average Bonchev–Trinajstić information content (AvgIpc) is 3.41. The second-order valence-electron chi connectivity index (χ2n) is 7.46. The topological polar surface area (TPSA) is 65.4 Å². The molecule has 0 saturated heterocycles. The Morgan fingerprint density at radius 2 is 1.93 bits per heavy atom. The molecule has 146 valence electrons. The summed E-state index contributed by atoms with van der Waals surface area (Å²) in [6.45, 7) is 4.64. The Morgan fingerprint density at radius 3 is 2.64 bits per heavy atom. The average molecular weight is 379 g/mol. The van der Waals surface area contributed by atoms with Crippen molar-refractivity contribution >= 4 is 16.8 Å². The number of rotatable bonds is 8. The van der Waals surface area contributed by atoms with Crippen molar-refractivity contribution in [1.29, 1.82) is 0 Å². The zero-order valence-corrected chi connectivity index (χ0v) is 16.2. The van der Waals surface area contributed by atoms with Crippen molar-refractivity contribution in [2.45, 2.75) is 32.7 Å². The van der Waals surface area contributed by atoms with Crippen LogP contribution in [0.5, 0.6) is 11.5 Å². The first kappa shape index (κ1) is 18.3. The lowest BCUT2D eigenvalue weighted by atomic mass is 10.2. The Morgan fingerprint density at radius 1 is 1.18 bits per heavy atom. The minimum atomic E-state index is -0.0571. The number of fused-ring (bicyclic) bond motifs is 1. The number of benzene rings is 2. The molecule has 1 N–H and O–H groups in total.